The number of oxazole rings is 1. The molecule has 5 rings (SSSR count). The minimum absolute atomic E-state index is 0.0148. The molecule has 250 valence electrons. The summed E-state index contributed by atoms with van der Waals surface area (Å²) in [5.41, 5.74) is 6.22. The molecule has 3 fully saturated rings. The zero-order chi connectivity index (χ0) is 33.1. The third-order valence-corrected chi connectivity index (χ3v) is 7.90. The summed E-state index contributed by atoms with van der Waals surface area (Å²) in [6.07, 6.45) is 1.12. The quantitative estimate of drug-likeness (QED) is 0.320. The van der Waals surface area contributed by atoms with E-state index in [4.69, 9.17) is 19.6 Å². The first-order valence-electron chi connectivity index (χ1n) is 14.7. The Hall–Kier alpha value is -4.51. The summed E-state index contributed by atoms with van der Waals surface area (Å²) in [6, 6.07) is 0.0998. The van der Waals surface area contributed by atoms with Gasteiger partial charge in [-0.05, 0) is 50.3 Å². The Balaban J connectivity index is 1.47. The van der Waals surface area contributed by atoms with Crippen molar-refractivity contribution in [3.05, 3.63) is 29.7 Å². The first-order valence-corrected chi connectivity index (χ1v) is 14.7. The van der Waals surface area contributed by atoms with Gasteiger partial charge in [0.25, 0.3) is 5.91 Å². The highest BCUT2D eigenvalue weighted by atomic mass is 19.3. The number of halogens is 2. The maximum absolute atomic E-state index is 14.1. The summed E-state index contributed by atoms with van der Waals surface area (Å²) in [6.45, 7) is -1.48. The molecule has 3 heterocycles. The second-order valence-corrected chi connectivity index (χ2v) is 11.3. The number of nitrogens with two attached hydrogens (primary N) is 1. The molecule has 4 N–H and O–H groups in total. The van der Waals surface area contributed by atoms with Crippen molar-refractivity contribution in [2.45, 2.75) is 57.0 Å². The summed E-state index contributed by atoms with van der Waals surface area (Å²) < 4.78 is 52.3. The maximum atomic E-state index is 14.1. The lowest BCUT2D eigenvalue weighted by Crippen LogP contribution is -2.57. The van der Waals surface area contributed by atoms with Crippen LogP contribution in [0.25, 0.3) is 11.5 Å². The lowest BCUT2D eigenvalue weighted by molar-refractivity contribution is -0.160. The highest BCUT2D eigenvalue weighted by molar-refractivity contribution is 5.98. The number of methoxy groups -OCH3 is 1. The van der Waals surface area contributed by atoms with Gasteiger partial charge in [-0.1, -0.05) is 0 Å². The standard InChI is InChI=1S/C29H35F2N5O10/c1-14(32)23-22(34-24(46-23)16-5-6-20(45-28(30)31)21(9-16)44-12-15-3-4-15)26(38)36-11-17(33-29(41)42-2)10-18(36)25(37)35-7-8-43-13-19(35)27(39)40/h5-6,9,14-15,17-19,28H,3-4,7-8,10-13,32H2,1-2H3,(H,33,41)(H,39,40)/t14-,17+,18-,19?/m0/s1. The number of carboxylic acid groups (broad SMARTS) is 1. The fraction of sp³-hybridized carbons (Fsp3) is 0.552. The van der Waals surface area contributed by atoms with Gasteiger partial charge >= 0.3 is 18.7 Å². The van der Waals surface area contributed by atoms with Crippen LogP contribution in [-0.4, -0.2) is 109 Å². The van der Waals surface area contributed by atoms with Gasteiger partial charge in [0.2, 0.25) is 11.8 Å². The van der Waals surface area contributed by atoms with E-state index in [9.17, 15) is 33.1 Å². The van der Waals surface area contributed by atoms with Crippen LogP contribution in [0.5, 0.6) is 11.5 Å². The maximum Gasteiger partial charge on any atom is 0.407 e. The molecule has 1 aliphatic carbocycles. The fourth-order valence-electron chi connectivity index (χ4n) is 5.38. The highest BCUT2D eigenvalue weighted by Crippen LogP contribution is 2.37. The SMILES string of the molecule is COC(=O)N[C@@H]1C[C@@H](C(=O)N2CCOCC2C(=O)O)N(C(=O)c2nc(-c3ccc(OC(F)F)c(OCC4CC4)c3)oc2[C@H](C)N)C1. The van der Waals surface area contributed by atoms with Crippen LogP contribution >= 0.6 is 0 Å². The molecule has 17 heteroatoms. The number of hydrogen-bond donors (Lipinski definition) is 3. The van der Waals surface area contributed by atoms with Gasteiger partial charge in [0.15, 0.2) is 29.0 Å². The van der Waals surface area contributed by atoms with E-state index in [2.05, 4.69) is 19.8 Å². The van der Waals surface area contributed by atoms with Gasteiger partial charge in [-0.2, -0.15) is 8.78 Å². The average molecular weight is 652 g/mol. The van der Waals surface area contributed by atoms with Crippen LogP contribution < -0.4 is 20.5 Å². The number of rotatable bonds is 11. The zero-order valence-electron chi connectivity index (χ0n) is 25.1. The number of aliphatic carboxylic acids is 1. The topological polar surface area (TPSA) is 196 Å². The highest BCUT2D eigenvalue weighted by Gasteiger charge is 2.46. The molecule has 15 nitrogen and oxygen atoms in total. The molecule has 0 spiro atoms. The van der Waals surface area contributed by atoms with E-state index in [1.54, 1.807) is 6.92 Å². The van der Waals surface area contributed by atoms with Crippen molar-refractivity contribution < 1.29 is 56.4 Å². The molecule has 2 aliphatic heterocycles. The number of ether oxygens (including phenoxy) is 4. The number of amides is 3. The van der Waals surface area contributed by atoms with E-state index in [0.29, 0.717) is 12.5 Å². The smallest absolute Gasteiger partial charge is 0.407 e. The summed E-state index contributed by atoms with van der Waals surface area (Å²) in [7, 11) is 1.17. The van der Waals surface area contributed by atoms with Crippen LogP contribution in [0.15, 0.2) is 22.6 Å². The van der Waals surface area contributed by atoms with E-state index in [1.165, 1.54) is 30.2 Å². The first-order chi connectivity index (χ1) is 22.0. The van der Waals surface area contributed by atoms with E-state index in [0.717, 1.165) is 17.7 Å². The number of aromatic nitrogens is 1. The molecule has 46 heavy (non-hydrogen) atoms. The Bertz CT molecular complexity index is 1470. The summed E-state index contributed by atoms with van der Waals surface area (Å²) >= 11 is 0. The van der Waals surface area contributed by atoms with Crippen molar-refractivity contribution in [2.24, 2.45) is 11.7 Å². The summed E-state index contributed by atoms with van der Waals surface area (Å²) in [4.78, 5) is 58.5. The monoisotopic (exact) mass is 651 g/mol. The predicted molar refractivity (Wildman–Crippen MR) is 152 cm³/mol. The molecule has 1 aromatic carbocycles. The number of alkyl carbamates (subject to hydrolysis) is 1. The van der Waals surface area contributed by atoms with E-state index in [1.807, 2.05) is 0 Å². The van der Waals surface area contributed by atoms with Crippen molar-refractivity contribution in [1.82, 2.24) is 20.1 Å². The van der Waals surface area contributed by atoms with Gasteiger partial charge in [0, 0.05) is 18.7 Å². The minimum Gasteiger partial charge on any atom is -0.489 e. The number of carbonyl (C=O) groups is 4. The Kier molecular flexibility index (Phi) is 9.91. The van der Waals surface area contributed by atoms with Crippen molar-refractivity contribution in [3.8, 4) is 23.0 Å². The van der Waals surface area contributed by atoms with E-state index in [-0.39, 0.29) is 67.1 Å². The molecule has 1 aromatic heterocycles. The molecule has 0 bridgehead atoms. The van der Waals surface area contributed by atoms with Crippen LogP contribution in [0.4, 0.5) is 13.6 Å². The van der Waals surface area contributed by atoms with Crippen LogP contribution in [0, 0.1) is 5.92 Å². The zero-order valence-corrected chi connectivity index (χ0v) is 25.1. The van der Waals surface area contributed by atoms with Crippen LogP contribution in [0.2, 0.25) is 0 Å². The number of nitrogens with zero attached hydrogens (tertiary/aromatic N) is 3. The van der Waals surface area contributed by atoms with Crippen LogP contribution in [0.1, 0.15) is 48.5 Å². The van der Waals surface area contributed by atoms with Crippen molar-refractivity contribution in [2.75, 3.05) is 40.0 Å². The van der Waals surface area contributed by atoms with Crippen LogP contribution in [-0.2, 0) is 19.1 Å². The van der Waals surface area contributed by atoms with E-state index >= 15 is 0 Å². The molecule has 4 atom stereocenters. The molecule has 1 unspecified atom stereocenters. The molecular formula is C29H35F2N5O10. The lowest BCUT2D eigenvalue weighted by atomic mass is 10.1. The molecular weight excluding hydrogens is 616 g/mol. The van der Waals surface area contributed by atoms with Crippen LogP contribution in [0.3, 0.4) is 0 Å². The van der Waals surface area contributed by atoms with Crippen molar-refractivity contribution >= 4 is 23.9 Å². The minimum atomic E-state index is -3.08. The second kappa shape index (κ2) is 13.9. The normalized spacial score (nSPS) is 22.0. The Labute approximate surface area is 261 Å². The number of benzene rings is 1. The molecule has 0 radical (unpaired) electrons. The number of likely N-dealkylation sites (tertiary alicyclic amines) is 1. The molecule has 1 saturated carbocycles. The van der Waals surface area contributed by atoms with Crippen molar-refractivity contribution in [3.63, 3.8) is 0 Å². The van der Waals surface area contributed by atoms with Gasteiger partial charge in [0.05, 0.1) is 39.0 Å². The summed E-state index contributed by atoms with van der Waals surface area (Å²) in [5.74, 6) is -2.57. The molecule has 2 aromatic rings. The number of alkyl halides is 2. The molecule has 2 saturated heterocycles. The third kappa shape index (κ3) is 7.31. The van der Waals surface area contributed by atoms with Crippen molar-refractivity contribution in [1.29, 1.82) is 0 Å². The van der Waals surface area contributed by atoms with Gasteiger partial charge in [0.1, 0.15) is 6.04 Å². The number of nitrogens with one attached hydrogen (secondary N) is 1. The first kappa shape index (κ1) is 32.9. The number of morpholine rings is 1. The number of carbonyl (C=O) groups excluding carboxylic acids is 3. The Morgan fingerprint density at radius 3 is 2.59 bits per heavy atom. The third-order valence-electron chi connectivity index (χ3n) is 7.90. The Morgan fingerprint density at radius 2 is 1.93 bits per heavy atom. The van der Waals surface area contributed by atoms with E-state index < -0.39 is 54.7 Å². The fourth-order valence-corrected chi connectivity index (χ4v) is 5.38. The molecule has 3 aliphatic rings. The van der Waals surface area contributed by atoms with Gasteiger partial charge in [-0.25, -0.2) is 14.6 Å². The Morgan fingerprint density at radius 1 is 1.17 bits per heavy atom. The largest absolute Gasteiger partial charge is 0.489 e. The molecule has 3 amide bonds. The average Bonchev–Trinajstić information content (AvgIpc) is 3.59. The van der Waals surface area contributed by atoms with Gasteiger partial charge in [-0.15, -0.1) is 0 Å². The predicted octanol–water partition coefficient (Wildman–Crippen LogP) is 2.00. The summed E-state index contributed by atoms with van der Waals surface area (Å²) in [5, 5.41) is 12.3. The number of hydrogen-bond acceptors (Lipinski definition) is 11. The number of carboxylic acids is 1. The lowest BCUT2D eigenvalue weighted by Gasteiger charge is -2.36. The van der Waals surface area contributed by atoms with Gasteiger partial charge < -0.3 is 49.3 Å². The second-order valence-electron chi connectivity index (χ2n) is 11.3. The van der Waals surface area contributed by atoms with Gasteiger partial charge in [-0.3, -0.25) is 9.59 Å².